The van der Waals surface area contributed by atoms with Gasteiger partial charge in [-0.2, -0.15) is 0 Å². The van der Waals surface area contributed by atoms with E-state index >= 15 is 0 Å². The Morgan fingerprint density at radius 3 is 2.67 bits per heavy atom. The quantitative estimate of drug-likeness (QED) is 0.702. The van der Waals surface area contributed by atoms with Crippen molar-refractivity contribution in [3.63, 3.8) is 0 Å². The van der Waals surface area contributed by atoms with Crippen LogP contribution in [0.1, 0.15) is 12.5 Å². The zero-order valence-electron chi connectivity index (χ0n) is 9.71. The first-order valence-electron chi connectivity index (χ1n) is 5.32. The van der Waals surface area contributed by atoms with E-state index in [-0.39, 0.29) is 18.1 Å². The summed E-state index contributed by atoms with van der Waals surface area (Å²) in [4.78, 5) is 39.3. The lowest BCUT2D eigenvalue weighted by Gasteiger charge is -2.25. The zero-order chi connectivity index (χ0) is 13.1. The van der Waals surface area contributed by atoms with E-state index in [0.717, 1.165) is 10.5 Å². The van der Waals surface area contributed by atoms with E-state index in [1.165, 1.54) is 13.0 Å². The first-order chi connectivity index (χ1) is 8.58. The van der Waals surface area contributed by atoms with Gasteiger partial charge in [0.25, 0.3) is 5.91 Å². The molecule has 18 heavy (non-hydrogen) atoms. The van der Waals surface area contributed by atoms with Gasteiger partial charge in [0.05, 0.1) is 0 Å². The van der Waals surface area contributed by atoms with Crippen LogP contribution in [0, 0.1) is 0 Å². The molecule has 0 aromatic carbocycles. The molecule has 0 spiro atoms. The van der Waals surface area contributed by atoms with E-state index in [2.05, 4.69) is 10.3 Å². The predicted octanol–water partition coefficient (Wildman–Crippen LogP) is -0.0726. The highest BCUT2D eigenvalue weighted by molar-refractivity contribution is 6.12. The minimum absolute atomic E-state index is 0.0904. The fourth-order valence-electron chi connectivity index (χ4n) is 1.58. The van der Waals surface area contributed by atoms with Crippen molar-refractivity contribution in [3.05, 3.63) is 35.8 Å². The summed E-state index contributed by atoms with van der Waals surface area (Å²) in [5.74, 6) is -1.33. The van der Waals surface area contributed by atoms with Crippen molar-refractivity contribution in [2.75, 3.05) is 6.54 Å². The van der Waals surface area contributed by atoms with Crippen LogP contribution >= 0.6 is 0 Å². The molecule has 1 aromatic rings. The van der Waals surface area contributed by atoms with Gasteiger partial charge in [-0.1, -0.05) is 0 Å². The number of aromatic nitrogens is 1. The molecular weight excluding hydrogens is 234 g/mol. The third-order valence-corrected chi connectivity index (χ3v) is 2.45. The molecular formula is C12H11N3O3. The average molecular weight is 245 g/mol. The Bertz CT molecular complexity index is 537. The van der Waals surface area contributed by atoms with Gasteiger partial charge in [-0.15, -0.1) is 0 Å². The van der Waals surface area contributed by atoms with Crippen molar-refractivity contribution in [3.8, 4) is 0 Å². The molecule has 0 radical (unpaired) electrons. The number of carbonyl (C=O) groups is 3. The van der Waals surface area contributed by atoms with Crippen molar-refractivity contribution in [1.82, 2.24) is 15.2 Å². The summed E-state index contributed by atoms with van der Waals surface area (Å²) in [5.41, 5.74) is 0.812. The molecule has 6 heteroatoms. The van der Waals surface area contributed by atoms with Crippen LogP contribution in [0.2, 0.25) is 0 Å². The molecule has 0 aliphatic carbocycles. The standard InChI is InChI=1S/C12H11N3O3/c1-8(16)15-7-11(17)14-10(12(15)18)6-9-2-4-13-5-3-9/h2-6H,7H2,1H3,(H,14,17)/b10-6-. The minimum Gasteiger partial charge on any atom is -0.320 e. The number of nitrogens with one attached hydrogen (secondary N) is 1. The molecule has 1 N–H and O–H groups in total. The number of hydrogen-bond donors (Lipinski definition) is 1. The van der Waals surface area contributed by atoms with Crippen LogP contribution in [0.25, 0.3) is 6.08 Å². The third kappa shape index (κ3) is 2.42. The number of imide groups is 1. The minimum atomic E-state index is -0.501. The lowest BCUT2D eigenvalue weighted by molar-refractivity contribution is -0.147. The second kappa shape index (κ2) is 4.79. The van der Waals surface area contributed by atoms with Gasteiger partial charge >= 0.3 is 0 Å². The zero-order valence-corrected chi connectivity index (χ0v) is 9.71. The summed E-state index contributed by atoms with van der Waals surface area (Å²) >= 11 is 0. The Morgan fingerprint density at radius 1 is 1.39 bits per heavy atom. The van der Waals surface area contributed by atoms with Crippen LogP contribution < -0.4 is 5.32 Å². The molecule has 0 bridgehead atoms. The van der Waals surface area contributed by atoms with Gasteiger partial charge in [-0.05, 0) is 23.8 Å². The lowest BCUT2D eigenvalue weighted by atomic mass is 10.2. The number of carbonyl (C=O) groups excluding carboxylic acids is 3. The van der Waals surface area contributed by atoms with E-state index in [4.69, 9.17) is 0 Å². The molecule has 0 atom stereocenters. The number of rotatable bonds is 1. The third-order valence-electron chi connectivity index (χ3n) is 2.45. The van der Waals surface area contributed by atoms with Crippen LogP contribution in [0.15, 0.2) is 30.2 Å². The first kappa shape index (κ1) is 12.0. The topological polar surface area (TPSA) is 79.4 Å². The number of piperazine rings is 1. The summed E-state index contributed by atoms with van der Waals surface area (Å²) in [6, 6.07) is 3.39. The van der Waals surface area contributed by atoms with Gasteiger partial charge in [-0.25, -0.2) is 0 Å². The molecule has 1 aliphatic heterocycles. The molecule has 92 valence electrons. The number of nitrogens with zero attached hydrogens (tertiary/aromatic N) is 2. The SMILES string of the molecule is CC(=O)N1CC(=O)N/C(=C\c2ccncc2)C1=O. The highest BCUT2D eigenvalue weighted by Crippen LogP contribution is 2.10. The maximum Gasteiger partial charge on any atom is 0.277 e. The highest BCUT2D eigenvalue weighted by Gasteiger charge is 2.30. The number of hydrogen-bond acceptors (Lipinski definition) is 4. The van der Waals surface area contributed by atoms with Gasteiger partial charge in [0.2, 0.25) is 11.8 Å². The Morgan fingerprint density at radius 2 is 2.06 bits per heavy atom. The largest absolute Gasteiger partial charge is 0.320 e. The fraction of sp³-hybridized carbons (Fsp3) is 0.167. The molecule has 3 amide bonds. The fourth-order valence-corrected chi connectivity index (χ4v) is 1.58. The van der Waals surface area contributed by atoms with E-state index in [9.17, 15) is 14.4 Å². The van der Waals surface area contributed by atoms with Crippen LogP contribution in [0.5, 0.6) is 0 Å². The summed E-state index contributed by atoms with van der Waals surface area (Å²) < 4.78 is 0. The van der Waals surface area contributed by atoms with Crippen molar-refractivity contribution in [2.24, 2.45) is 0 Å². The summed E-state index contributed by atoms with van der Waals surface area (Å²) in [6.45, 7) is 1.02. The number of amides is 3. The molecule has 1 aliphatic rings. The van der Waals surface area contributed by atoms with Crippen molar-refractivity contribution in [1.29, 1.82) is 0 Å². The lowest BCUT2D eigenvalue weighted by Crippen LogP contribution is -2.51. The maximum absolute atomic E-state index is 11.9. The molecule has 1 fully saturated rings. The molecule has 2 rings (SSSR count). The van der Waals surface area contributed by atoms with Crippen LogP contribution in [0.4, 0.5) is 0 Å². The molecule has 1 aromatic heterocycles. The predicted molar refractivity (Wildman–Crippen MR) is 62.8 cm³/mol. The summed E-state index contributed by atoms with van der Waals surface area (Å²) in [7, 11) is 0. The molecule has 1 saturated heterocycles. The van der Waals surface area contributed by atoms with Crippen LogP contribution in [-0.2, 0) is 14.4 Å². The normalized spacial score (nSPS) is 17.8. The van der Waals surface area contributed by atoms with Gasteiger partial charge in [0.1, 0.15) is 12.2 Å². The van der Waals surface area contributed by atoms with Gasteiger partial charge in [0, 0.05) is 19.3 Å². The van der Waals surface area contributed by atoms with Crippen molar-refractivity contribution >= 4 is 23.8 Å². The summed E-state index contributed by atoms with van der Waals surface area (Å²) in [5, 5.41) is 2.46. The highest BCUT2D eigenvalue weighted by atomic mass is 16.2. The van der Waals surface area contributed by atoms with Gasteiger partial charge in [0.15, 0.2) is 0 Å². The monoisotopic (exact) mass is 245 g/mol. The molecule has 0 unspecified atom stereocenters. The first-order valence-corrected chi connectivity index (χ1v) is 5.32. The van der Waals surface area contributed by atoms with E-state index in [0.29, 0.717) is 0 Å². The summed E-state index contributed by atoms with van der Waals surface area (Å²) in [6.07, 6.45) is 4.66. The maximum atomic E-state index is 11.9. The van der Waals surface area contributed by atoms with Gasteiger partial charge in [-0.3, -0.25) is 24.3 Å². The Kier molecular flexibility index (Phi) is 3.18. The number of pyridine rings is 1. The smallest absolute Gasteiger partial charge is 0.277 e. The van der Waals surface area contributed by atoms with Crippen molar-refractivity contribution in [2.45, 2.75) is 6.92 Å². The molecule has 2 heterocycles. The van der Waals surface area contributed by atoms with E-state index in [1.54, 1.807) is 24.5 Å². The van der Waals surface area contributed by atoms with E-state index in [1.807, 2.05) is 0 Å². The van der Waals surface area contributed by atoms with E-state index < -0.39 is 11.8 Å². The van der Waals surface area contributed by atoms with Crippen molar-refractivity contribution < 1.29 is 14.4 Å². The Labute approximate surface area is 103 Å². The molecule has 6 nitrogen and oxygen atoms in total. The van der Waals surface area contributed by atoms with Gasteiger partial charge < -0.3 is 5.32 Å². The second-order valence-corrected chi connectivity index (χ2v) is 3.80. The van der Waals surface area contributed by atoms with Crippen LogP contribution in [-0.4, -0.2) is 34.2 Å². The van der Waals surface area contributed by atoms with Crippen LogP contribution in [0.3, 0.4) is 0 Å². The second-order valence-electron chi connectivity index (χ2n) is 3.80. The molecule has 0 saturated carbocycles. The Hall–Kier alpha value is -2.50. The Balaban J connectivity index is 2.32. The average Bonchev–Trinajstić information content (AvgIpc) is 2.34.